The SMILES string of the molecule is COCC1CN(c2ncc(SI)c(Cl)n2)CCN1c1ncccn1. The number of ether oxygens (including phenoxy) is 1. The summed E-state index contributed by atoms with van der Waals surface area (Å²) in [5.74, 6) is 1.36. The predicted molar refractivity (Wildman–Crippen MR) is 104 cm³/mol. The summed E-state index contributed by atoms with van der Waals surface area (Å²) in [5.41, 5.74) is 0. The Morgan fingerprint density at radius 3 is 2.75 bits per heavy atom. The van der Waals surface area contributed by atoms with Crippen molar-refractivity contribution in [3.05, 3.63) is 29.8 Å². The molecule has 3 heterocycles. The summed E-state index contributed by atoms with van der Waals surface area (Å²) in [7, 11) is 3.20. The van der Waals surface area contributed by atoms with Crippen LogP contribution in [0.3, 0.4) is 0 Å². The fourth-order valence-corrected chi connectivity index (χ4v) is 4.42. The average Bonchev–Trinajstić information content (AvgIpc) is 2.62. The Bertz CT molecular complexity index is 682. The summed E-state index contributed by atoms with van der Waals surface area (Å²) >= 11 is 8.38. The van der Waals surface area contributed by atoms with E-state index in [1.807, 2.05) is 6.07 Å². The van der Waals surface area contributed by atoms with Gasteiger partial charge in [-0.1, -0.05) is 11.6 Å². The van der Waals surface area contributed by atoms with E-state index < -0.39 is 0 Å². The molecule has 0 bridgehead atoms. The molecule has 7 nitrogen and oxygen atoms in total. The summed E-state index contributed by atoms with van der Waals surface area (Å²) in [6, 6.07) is 1.93. The molecule has 1 fully saturated rings. The van der Waals surface area contributed by atoms with Gasteiger partial charge in [0, 0.05) is 66.5 Å². The maximum atomic E-state index is 6.21. The largest absolute Gasteiger partial charge is 0.382 e. The lowest BCUT2D eigenvalue weighted by molar-refractivity contribution is 0.173. The number of halogens is 2. The Morgan fingerprint density at radius 1 is 1.29 bits per heavy atom. The van der Waals surface area contributed by atoms with Crippen LogP contribution in [0.15, 0.2) is 29.6 Å². The van der Waals surface area contributed by atoms with E-state index in [0.717, 1.165) is 30.5 Å². The molecule has 1 unspecified atom stereocenters. The van der Waals surface area contributed by atoms with Crippen molar-refractivity contribution in [3.8, 4) is 0 Å². The van der Waals surface area contributed by atoms with Crippen LogP contribution in [0.25, 0.3) is 0 Å². The van der Waals surface area contributed by atoms with Crippen LogP contribution < -0.4 is 9.80 Å². The molecule has 0 radical (unpaired) electrons. The lowest BCUT2D eigenvalue weighted by Gasteiger charge is -2.41. The van der Waals surface area contributed by atoms with E-state index in [0.29, 0.717) is 17.7 Å². The zero-order valence-corrected chi connectivity index (χ0v) is 16.7. The van der Waals surface area contributed by atoms with Crippen LogP contribution in [0, 0.1) is 0 Å². The van der Waals surface area contributed by atoms with Gasteiger partial charge in [-0.25, -0.2) is 15.0 Å². The molecule has 1 atom stereocenters. The van der Waals surface area contributed by atoms with Gasteiger partial charge in [-0.15, -0.1) is 0 Å². The second-order valence-corrected chi connectivity index (χ2v) is 7.47. The van der Waals surface area contributed by atoms with Crippen LogP contribution in [0.4, 0.5) is 11.9 Å². The second kappa shape index (κ2) is 8.45. The van der Waals surface area contributed by atoms with Crippen molar-refractivity contribution in [2.24, 2.45) is 0 Å². The minimum atomic E-state index is 0.118. The fourth-order valence-electron chi connectivity index (χ4n) is 2.62. The van der Waals surface area contributed by atoms with E-state index in [1.54, 1.807) is 25.7 Å². The van der Waals surface area contributed by atoms with Gasteiger partial charge >= 0.3 is 0 Å². The first-order valence-electron chi connectivity index (χ1n) is 7.31. The van der Waals surface area contributed by atoms with Crippen LogP contribution in [0.1, 0.15) is 0 Å². The Hall–Kier alpha value is -0.910. The first kappa shape index (κ1) is 17.9. The summed E-state index contributed by atoms with van der Waals surface area (Å²) in [6.45, 7) is 2.83. The van der Waals surface area contributed by atoms with Crippen molar-refractivity contribution in [3.63, 3.8) is 0 Å². The Balaban J connectivity index is 1.78. The zero-order valence-electron chi connectivity index (χ0n) is 13.0. The molecular weight excluding hydrogens is 463 g/mol. The minimum absolute atomic E-state index is 0.118. The number of aromatic nitrogens is 4. The lowest BCUT2D eigenvalue weighted by Crippen LogP contribution is -2.56. The number of nitrogens with zero attached hydrogens (tertiary/aromatic N) is 6. The highest BCUT2D eigenvalue weighted by molar-refractivity contribution is 14.2. The van der Waals surface area contributed by atoms with Crippen molar-refractivity contribution < 1.29 is 4.74 Å². The topological polar surface area (TPSA) is 67.3 Å². The van der Waals surface area contributed by atoms with E-state index >= 15 is 0 Å². The third kappa shape index (κ3) is 4.01. The van der Waals surface area contributed by atoms with Crippen molar-refractivity contribution in [2.75, 3.05) is 43.2 Å². The van der Waals surface area contributed by atoms with Gasteiger partial charge < -0.3 is 14.5 Å². The highest BCUT2D eigenvalue weighted by Gasteiger charge is 2.30. The van der Waals surface area contributed by atoms with Gasteiger partial charge in [-0.3, -0.25) is 0 Å². The summed E-state index contributed by atoms with van der Waals surface area (Å²) < 4.78 is 5.38. The number of methoxy groups -OCH3 is 1. The number of anilines is 2. The van der Waals surface area contributed by atoms with Gasteiger partial charge in [-0.2, -0.15) is 4.98 Å². The maximum absolute atomic E-state index is 6.21. The zero-order chi connectivity index (χ0) is 16.9. The Morgan fingerprint density at radius 2 is 2.08 bits per heavy atom. The number of piperazine rings is 1. The quantitative estimate of drug-likeness (QED) is 0.480. The van der Waals surface area contributed by atoms with E-state index in [1.165, 1.54) is 8.93 Å². The van der Waals surface area contributed by atoms with Crippen molar-refractivity contribution >= 4 is 53.6 Å². The third-order valence-corrected chi connectivity index (χ3v) is 6.00. The molecule has 128 valence electrons. The summed E-state index contributed by atoms with van der Waals surface area (Å²) in [4.78, 5) is 22.7. The summed E-state index contributed by atoms with van der Waals surface area (Å²) in [5, 5.41) is 0.483. The molecule has 1 aliphatic heterocycles. The van der Waals surface area contributed by atoms with Gasteiger partial charge in [-0.05, 0) is 15.0 Å². The maximum Gasteiger partial charge on any atom is 0.226 e. The normalized spacial score (nSPS) is 18.0. The van der Waals surface area contributed by atoms with Crippen molar-refractivity contribution in [2.45, 2.75) is 10.9 Å². The van der Waals surface area contributed by atoms with Gasteiger partial charge in [0.15, 0.2) is 0 Å². The number of hydrogen-bond donors (Lipinski definition) is 0. The molecule has 1 aliphatic rings. The molecule has 0 aromatic carbocycles. The van der Waals surface area contributed by atoms with E-state index in [-0.39, 0.29) is 6.04 Å². The molecule has 10 heteroatoms. The standard InChI is InChI=1S/C14H16ClIN6OS/c1-23-9-10-8-21(14-19-7-11(24-16)12(15)20-14)5-6-22(10)13-17-3-2-4-18-13/h2-4,7,10H,5-6,8-9H2,1H3. The smallest absolute Gasteiger partial charge is 0.226 e. The van der Waals surface area contributed by atoms with Crippen LogP contribution in [-0.4, -0.2) is 59.3 Å². The molecule has 24 heavy (non-hydrogen) atoms. The van der Waals surface area contributed by atoms with E-state index in [4.69, 9.17) is 16.3 Å². The minimum Gasteiger partial charge on any atom is -0.382 e. The third-order valence-electron chi connectivity index (χ3n) is 3.72. The van der Waals surface area contributed by atoms with Crippen LogP contribution in [0.5, 0.6) is 0 Å². The molecule has 0 amide bonds. The molecular formula is C14H16ClIN6OS. The molecule has 1 saturated heterocycles. The van der Waals surface area contributed by atoms with Gasteiger partial charge in [0.05, 0.1) is 17.5 Å². The molecule has 0 N–H and O–H groups in total. The average molecular weight is 479 g/mol. The predicted octanol–water partition coefficient (Wildman–Crippen LogP) is 2.70. The highest BCUT2D eigenvalue weighted by Crippen LogP contribution is 2.31. The van der Waals surface area contributed by atoms with Crippen molar-refractivity contribution in [1.29, 1.82) is 0 Å². The van der Waals surface area contributed by atoms with E-state index in [2.05, 4.69) is 50.9 Å². The molecule has 3 rings (SSSR count). The first-order valence-corrected chi connectivity index (χ1v) is 11.1. The van der Waals surface area contributed by atoms with Crippen LogP contribution >= 0.6 is 41.7 Å². The molecule has 0 aliphatic carbocycles. The Kier molecular flexibility index (Phi) is 6.31. The molecule has 2 aromatic heterocycles. The van der Waals surface area contributed by atoms with E-state index in [9.17, 15) is 0 Å². The second-order valence-electron chi connectivity index (χ2n) is 5.20. The van der Waals surface area contributed by atoms with Gasteiger partial charge in [0.1, 0.15) is 5.15 Å². The first-order chi connectivity index (χ1) is 11.7. The molecule has 2 aromatic rings. The fraction of sp³-hybridized carbons (Fsp3) is 0.429. The van der Waals surface area contributed by atoms with Crippen molar-refractivity contribution in [1.82, 2.24) is 19.9 Å². The Labute approximate surface area is 161 Å². The number of hydrogen-bond acceptors (Lipinski definition) is 8. The number of rotatable bonds is 5. The van der Waals surface area contributed by atoms with Gasteiger partial charge in [0.25, 0.3) is 0 Å². The van der Waals surface area contributed by atoms with Crippen LogP contribution in [0.2, 0.25) is 5.15 Å². The lowest BCUT2D eigenvalue weighted by atomic mass is 10.2. The summed E-state index contributed by atoms with van der Waals surface area (Å²) in [6.07, 6.45) is 5.27. The van der Waals surface area contributed by atoms with Gasteiger partial charge in [0.2, 0.25) is 11.9 Å². The highest BCUT2D eigenvalue weighted by atomic mass is 127. The van der Waals surface area contributed by atoms with Crippen LogP contribution in [-0.2, 0) is 4.74 Å². The molecule has 0 saturated carbocycles. The monoisotopic (exact) mass is 478 g/mol. The molecule has 0 spiro atoms.